The molecule has 0 aromatic heterocycles. The Morgan fingerprint density at radius 1 is 1.44 bits per heavy atom. The molecule has 0 saturated carbocycles. The molecule has 0 unspecified atom stereocenters. The van der Waals surface area contributed by atoms with Crippen LogP contribution in [0.2, 0.25) is 0 Å². The summed E-state index contributed by atoms with van der Waals surface area (Å²) < 4.78 is 3.28. The van der Waals surface area contributed by atoms with Crippen molar-refractivity contribution in [1.82, 2.24) is 0 Å². The molecule has 0 aliphatic carbocycles. The second-order valence-corrected chi connectivity index (χ2v) is 0.710. The monoisotopic (exact) mass is 170 g/mol. The first kappa shape index (κ1) is 17.1. The Morgan fingerprint density at radius 3 is 1.78 bits per heavy atom. The van der Waals surface area contributed by atoms with Gasteiger partial charge in [-0.15, -0.1) is 0 Å². The van der Waals surface area contributed by atoms with Crippen molar-refractivity contribution in [1.29, 1.82) is 0 Å². The minimum atomic E-state index is -2.22. The molecule has 5 nitrogen and oxygen atoms in total. The molecule has 9 heavy (non-hydrogen) atoms. The molecule has 0 atom stereocenters. The van der Waals surface area contributed by atoms with E-state index in [4.69, 9.17) is 15.2 Å². The zero-order valence-electron chi connectivity index (χ0n) is 3.24. The second-order valence-electron chi connectivity index (χ2n) is 0.710. The van der Waals surface area contributed by atoms with E-state index in [9.17, 15) is 4.79 Å². The molecule has 3 N–H and O–H groups in total. The molecule has 8 heteroatoms. The van der Waals surface area contributed by atoms with Gasteiger partial charge in [0.05, 0.1) is 0 Å². The Balaban J connectivity index is -0.000000180. The maximum absolute atomic E-state index is 9.27. The Bertz CT molecular complexity index is 77.4. The fourth-order valence-corrected chi connectivity index (χ4v) is 0.0902. The summed E-state index contributed by atoms with van der Waals surface area (Å²) in [5.74, 6) is 0. The Hall–Kier alpha value is 1.89. The molecule has 0 aromatic carbocycles. The molecule has 0 amide bonds. The molecule has 0 radical (unpaired) electrons. The van der Waals surface area contributed by atoms with E-state index in [-0.39, 0.29) is 80.9 Å². The van der Waals surface area contributed by atoms with Crippen molar-refractivity contribution in [2.24, 2.45) is 0 Å². The molecule has 0 saturated heterocycles. The van der Waals surface area contributed by atoms with Crippen LogP contribution >= 0.6 is 0 Å². The van der Waals surface area contributed by atoms with E-state index < -0.39 is 13.5 Å². The molecular weight excluding hydrogens is 165 g/mol. The third kappa shape index (κ3) is 17.7. The van der Waals surface area contributed by atoms with E-state index in [1.165, 1.54) is 0 Å². The fraction of sp³-hybridized carbons (Fsp3) is 0. The number of hydrogen-bond acceptors (Lipinski definition) is 4. The van der Waals surface area contributed by atoms with Gasteiger partial charge in [-0.25, -0.2) is 4.79 Å². The molecule has 0 heterocycles. The molecule has 0 fully saturated rings. The van der Waals surface area contributed by atoms with Crippen LogP contribution in [0.1, 0.15) is 0 Å². The standard InChI is InChI=1S/CH3BO5.K.Na.2H/c3-1(4)7-2(5)6;;;;/h5-6H,(H,3,4);;;;. The van der Waals surface area contributed by atoms with Gasteiger partial charge in [0.25, 0.3) is 0 Å². The molecule has 0 aliphatic rings. The van der Waals surface area contributed by atoms with Crippen LogP contribution in [0.5, 0.6) is 0 Å². The van der Waals surface area contributed by atoms with Gasteiger partial charge in [0, 0.05) is 0 Å². The fourth-order valence-electron chi connectivity index (χ4n) is 0.0902. The van der Waals surface area contributed by atoms with Crippen molar-refractivity contribution in [3.05, 3.63) is 0 Å². The summed E-state index contributed by atoms with van der Waals surface area (Å²) in [4.78, 5) is 9.27. The van der Waals surface area contributed by atoms with Crippen molar-refractivity contribution in [2.75, 3.05) is 0 Å². The van der Waals surface area contributed by atoms with Crippen molar-refractivity contribution < 1.29 is 24.6 Å². The SMILES string of the molecule is O=C(O)OB(O)O.[KH].[NaH]. The first-order valence-electron chi connectivity index (χ1n) is 1.38. The first-order chi connectivity index (χ1) is 3.13. The zero-order valence-corrected chi connectivity index (χ0v) is 3.24. The van der Waals surface area contributed by atoms with Crippen molar-refractivity contribution >= 4 is 94.4 Å². The predicted molar refractivity (Wildman–Crippen MR) is 33.6 cm³/mol. The number of carbonyl (C=O) groups is 1. The van der Waals surface area contributed by atoms with Crippen LogP contribution < -0.4 is 0 Å². The number of hydrogen-bond donors (Lipinski definition) is 3. The Labute approximate surface area is 117 Å². The number of carboxylic acid groups (broad SMARTS) is 1. The Kier molecular flexibility index (Phi) is 18.8. The number of rotatable bonds is 1. The topological polar surface area (TPSA) is 87.0 Å². The van der Waals surface area contributed by atoms with Crippen molar-refractivity contribution in [3.8, 4) is 0 Å². The quantitative estimate of drug-likeness (QED) is 0.374. The van der Waals surface area contributed by atoms with Gasteiger partial charge in [-0.05, 0) is 0 Å². The molecular formula is CH5BKNaO5. The van der Waals surface area contributed by atoms with E-state index in [1.807, 2.05) is 0 Å². The van der Waals surface area contributed by atoms with Gasteiger partial charge in [0.15, 0.2) is 0 Å². The third-order valence-corrected chi connectivity index (χ3v) is 0.206. The summed E-state index contributed by atoms with van der Waals surface area (Å²) in [6, 6.07) is 0. The Morgan fingerprint density at radius 2 is 1.78 bits per heavy atom. The first-order valence-corrected chi connectivity index (χ1v) is 1.38. The maximum atomic E-state index is 9.27. The normalized spacial score (nSPS) is 6.00. The third-order valence-electron chi connectivity index (χ3n) is 0.206. The molecule has 0 aromatic rings. The van der Waals surface area contributed by atoms with Gasteiger partial charge in [-0.2, -0.15) is 0 Å². The molecule has 0 bridgehead atoms. The van der Waals surface area contributed by atoms with Gasteiger partial charge in [-0.3, -0.25) is 0 Å². The zero-order chi connectivity index (χ0) is 5.86. The van der Waals surface area contributed by atoms with Gasteiger partial charge in [-0.1, -0.05) is 0 Å². The van der Waals surface area contributed by atoms with Crippen LogP contribution in [0, 0.1) is 0 Å². The molecule has 0 rings (SSSR count). The molecule has 0 spiro atoms. The van der Waals surface area contributed by atoms with Crippen LogP contribution in [-0.2, 0) is 4.65 Å². The van der Waals surface area contributed by atoms with E-state index in [1.54, 1.807) is 0 Å². The van der Waals surface area contributed by atoms with Crippen LogP contribution in [0.4, 0.5) is 4.79 Å². The summed E-state index contributed by atoms with van der Waals surface area (Å²) in [5, 5.41) is 22.9. The summed E-state index contributed by atoms with van der Waals surface area (Å²) in [6.07, 6.45) is -1.71. The summed E-state index contributed by atoms with van der Waals surface area (Å²) >= 11 is 0. The van der Waals surface area contributed by atoms with Crippen molar-refractivity contribution in [3.63, 3.8) is 0 Å². The second kappa shape index (κ2) is 9.89. The summed E-state index contributed by atoms with van der Waals surface area (Å²) in [5.41, 5.74) is 0. The minimum absolute atomic E-state index is 0. The molecule has 44 valence electrons. The summed E-state index contributed by atoms with van der Waals surface area (Å²) in [6.45, 7) is 0. The van der Waals surface area contributed by atoms with E-state index in [0.717, 1.165) is 0 Å². The van der Waals surface area contributed by atoms with E-state index >= 15 is 0 Å². The molecule has 0 aliphatic heterocycles. The van der Waals surface area contributed by atoms with E-state index in [0.29, 0.717) is 0 Å². The van der Waals surface area contributed by atoms with Gasteiger partial charge in [0.1, 0.15) is 0 Å². The van der Waals surface area contributed by atoms with Crippen LogP contribution in [0.25, 0.3) is 0 Å². The van der Waals surface area contributed by atoms with Crippen LogP contribution in [0.3, 0.4) is 0 Å². The van der Waals surface area contributed by atoms with Crippen LogP contribution in [0.15, 0.2) is 0 Å². The summed E-state index contributed by atoms with van der Waals surface area (Å²) in [7, 11) is -2.22. The van der Waals surface area contributed by atoms with Gasteiger partial charge < -0.3 is 19.8 Å². The predicted octanol–water partition coefficient (Wildman–Crippen LogP) is -2.65. The average Bonchev–Trinajstić information content (AvgIpc) is 1.27. The van der Waals surface area contributed by atoms with Crippen LogP contribution in [-0.4, -0.2) is 110 Å². The van der Waals surface area contributed by atoms with E-state index in [2.05, 4.69) is 4.65 Å². The average molecular weight is 170 g/mol. The van der Waals surface area contributed by atoms with Gasteiger partial charge >= 0.3 is 94.4 Å². The van der Waals surface area contributed by atoms with Gasteiger partial charge in [0.2, 0.25) is 0 Å². The van der Waals surface area contributed by atoms with Crippen molar-refractivity contribution in [2.45, 2.75) is 0 Å².